The van der Waals surface area contributed by atoms with Gasteiger partial charge in [-0.15, -0.1) is 0 Å². The summed E-state index contributed by atoms with van der Waals surface area (Å²) in [4.78, 5) is 33.5. The fraction of sp³-hybridized carbons (Fsp3) is 0.281. The number of hydrogen-bond donors (Lipinski definition) is 2. The Balaban J connectivity index is 1.37. The number of para-hydroxylation sites is 1. The summed E-state index contributed by atoms with van der Waals surface area (Å²) in [6.07, 6.45) is 0. The number of carbonyl (C=O) groups is 2. The molecule has 0 saturated carbocycles. The monoisotopic (exact) mass is 606 g/mol. The Labute approximate surface area is 260 Å². The maximum absolute atomic E-state index is 13.8. The van der Waals surface area contributed by atoms with Crippen LogP contribution in [0, 0.1) is 5.92 Å². The van der Waals surface area contributed by atoms with Gasteiger partial charge in [0.1, 0.15) is 12.4 Å². The van der Waals surface area contributed by atoms with Crippen LogP contribution < -0.4 is 20.3 Å². The molecule has 0 spiro atoms. The number of ether oxygens (including phenoxy) is 1. The fourth-order valence-corrected chi connectivity index (χ4v) is 5.13. The quantitative estimate of drug-likeness (QED) is 0.315. The first-order chi connectivity index (χ1) is 22.0. The molecule has 0 unspecified atom stereocenters. The maximum atomic E-state index is 13.8. The van der Waals surface area contributed by atoms with E-state index in [0.717, 1.165) is 11.3 Å². The predicted molar refractivity (Wildman–Crippen MR) is 167 cm³/mol. The minimum Gasteiger partial charge on any atom is -0.492 e. The number of nitrogens with one attached hydrogen (secondary N) is 2. The van der Waals surface area contributed by atoms with E-state index in [9.17, 15) is 9.59 Å². The van der Waals surface area contributed by atoms with Crippen LogP contribution in [0.2, 0.25) is 0 Å². The second-order valence-corrected chi connectivity index (χ2v) is 11.0. The number of amides is 2. The lowest BCUT2D eigenvalue weighted by Crippen LogP contribution is -2.44. The lowest BCUT2D eigenvalue weighted by molar-refractivity contribution is -0.121. The number of benzene rings is 3. The molecular weight excluding hydrogens is 572 g/mol. The van der Waals surface area contributed by atoms with Crippen molar-refractivity contribution in [2.45, 2.75) is 26.4 Å². The SMILES string of the molecule is CC(C)[C@@H]1NC(=O)CN(c2nnnn2-c2ccccc2)CCNC(=O)c2cccc(c2)OCCn2nc(-c3ccccc3)nc21. The summed E-state index contributed by atoms with van der Waals surface area (Å²) in [6, 6.07) is 25.7. The van der Waals surface area contributed by atoms with E-state index in [4.69, 9.17) is 14.8 Å². The van der Waals surface area contributed by atoms with E-state index in [2.05, 4.69) is 26.2 Å². The van der Waals surface area contributed by atoms with Gasteiger partial charge in [-0.3, -0.25) is 9.59 Å². The molecule has 5 aromatic rings. The van der Waals surface area contributed by atoms with Gasteiger partial charge in [0.25, 0.3) is 11.9 Å². The molecule has 2 amide bonds. The van der Waals surface area contributed by atoms with Crippen LogP contribution in [0.1, 0.15) is 36.1 Å². The van der Waals surface area contributed by atoms with Crippen LogP contribution in [-0.4, -0.2) is 73.0 Å². The van der Waals surface area contributed by atoms with E-state index in [1.54, 1.807) is 32.5 Å². The van der Waals surface area contributed by atoms with Crippen molar-refractivity contribution in [3.05, 3.63) is 96.3 Å². The van der Waals surface area contributed by atoms with Gasteiger partial charge >= 0.3 is 0 Å². The van der Waals surface area contributed by atoms with E-state index in [1.807, 2.05) is 80.6 Å². The molecule has 1 aliphatic rings. The zero-order chi connectivity index (χ0) is 31.2. The van der Waals surface area contributed by atoms with Gasteiger partial charge in [0.15, 0.2) is 11.6 Å². The van der Waals surface area contributed by atoms with Crippen molar-refractivity contribution in [1.29, 1.82) is 0 Å². The molecule has 13 heteroatoms. The van der Waals surface area contributed by atoms with Crippen LogP contribution in [0.3, 0.4) is 0 Å². The third-order valence-electron chi connectivity index (χ3n) is 7.40. The van der Waals surface area contributed by atoms with Crippen molar-refractivity contribution in [2.24, 2.45) is 5.92 Å². The van der Waals surface area contributed by atoms with Gasteiger partial charge in [-0.1, -0.05) is 73.5 Å². The highest BCUT2D eigenvalue weighted by Gasteiger charge is 2.28. The largest absolute Gasteiger partial charge is 0.492 e. The number of tetrazole rings is 1. The molecule has 2 aromatic heterocycles. The highest BCUT2D eigenvalue weighted by molar-refractivity contribution is 5.94. The molecule has 1 aliphatic heterocycles. The maximum Gasteiger partial charge on any atom is 0.251 e. The number of hydrogen-bond acceptors (Lipinski definition) is 9. The van der Waals surface area contributed by atoms with Gasteiger partial charge < -0.3 is 20.3 Å². The van der Waals surface area contributed by atoms with Gasteiger partial charge in [0, 0.05) is 24.2 Å². The molecule has 45 heavy (non-hydrogen) atoms. The second-order valence-electron chi connectivity index (χ2n) is 11.0. The smallest absolute Gasteiger partial charge is 0.251 e. The van der Waals surface area contributed by atoms with Gasteiger partial charge in [0.05, 0.1) is 24.8 Å². The summed E-state index contributed by atoms with van der Waals surface area (Å²) in [6.45, 7) is 5.15. The Morgan fingerprint density at radius 2 is 1.67 bits per heavy atom. The summed E-state index contributed by atoms with van der Waals surface area (Å²) in [5, 5.41) is 23.3. The highest BCUT2D eigenvalue weighted by atomic mass is 16.5. The van der Waals surface area contributed by atoms with Gasteiger partial charge in [0.2, 0.25) is 5.91 Å². The zero-order valence-corrected chi connectivity index (χ0v) is 25.1. The molecule has 0 fully saturated rings. The Morgan fingerprint density at radius 3 is 2.44 bits per heavy atom. The van der Waals surface area contributed by atoms with E-state index in [0.29, 0.717) is 35.5 Å². The van der Waals surface area contributed by atoms with Gasteiger partial charge in [-0.25, -0.2) is 9.67 Å². The molecule has 0 saturated heterocycles. The molecule has 13 nitrogen and oxygen atoms in total. The average molecular weight is 607 g/mol. The summed E-state index contributed by atoms with van der Waals surface area (Å²) in [7, 11) is 0. The van der Waals surface area contributed by atoms with Crippen molar-refractivity contribution in [3.63, 3.8) is 0 Å². The Kier molecular flexibility index (Phi) is 8.76. The van der Waals surface area contributed by atoms with E-state index in [-0.39, 0.29) is 44.0 Å². The Morgan fingerprint density at radius 1 is 0.911 bits per heavy atom. The molecule has 0 radical (unpaired) electrons. The highest BCUT2D eigenvalue weighted by Crippen LogP contribution is 2.25. The Hall–Kier alpha value is -5.59. The summed E-state index contributed by atoms with van der Waals surface area (Å²) >= 11 is 0. The van der Waals surface area contributed by atoms with Crippen molar-refractivity contribution >= 4 is 17.8 Å². The lowest BCUT2D eigenvalue weighted by atomic mass is 10.0. The summed E-state index contributed by atoms with van der Waals surface area (Å²) in [5.41, 5.74) is 2.07. The molecule has 0 aliphatic carbocycles. The minimum absolute atomic E-state index is 0.0115. The van der Waals surface area contributed by atoms with Gasteiger partial charge in [-0.2, -0.15) is 9.78 Å². The Bertz CT molecular complexity index is 1750. The number of carbonyl (C=O) groups excluding carboxylic acids is 2. The first-order valence-corrected chi connectivity index (χ1v) is 14.9. The molecule has 2 bridgehead atoms. The fourth-order valence-electron chi connectivity index (χ4n) is 5.13. The molecule has 2 N–H and O–H groups in total. The van der Waals surface area contributed by atoms with Crippen molar-refractivity contribution in [3.8, 4) is 22.8 Å². The van der Waals surface area contributed by atoms with Crippen molar-refractivity contribution < 1.29 is 14.3 Å². The van der Waals surface area contributed by atoms with Crippen LogP contribution in [0.15, 0.2) is 84.9 Å². The molecule has 6 rings (SSSR count). The number of anilines is 1. The van der Waals surface area contributed by atoms with Gasteiger partial charge in [-0.05, 0) is 46.7 Å². The molecule has 3 heterocycles. The van der Waals surface area contributed by atoms with Crippen molar-refractivity contribution in [2.75, 3.05) is 31.1 Å². The average Bonchev–Trinajstić information content (AvgIpc) is 3.72. The summed E-state index contributed by atoms with van der Waals surface area (Å²) in [5.74, 6) is 1.58. The van der Waals surface area contributed by atoms with Crippen molar-refractivity contribution in [1.82, 2.24) is 45.6 Å². The second kappa shape index (κ2) is 13.4. The van der Waals surface area contributed by atoms with E-state index >= 15 is 0 Å². The van der Waals surface area contributed by atoms with Crippen LogP contribution in [0.25, 0.3) is 17.1 Å². The molecule has 3 aromatic carbocycles. The number of aromatic nitrogens is 7. The number of fused-ring (bicyclic) bond motifs is 3. The molecule has 1 atom stereocenters. The van der Waals surface area contributed by atoms with Crippen LogP contribution in [0.4, 0.5) is 5.95 Å². The minimum atomic E-state index is -0.451. The third kappa shape index (κ3) is 6.82. The first kappa shape index (κ1) is 29.5. The zero-order valence-electron chi connectivity index (χ0n) is 25.1. The third-order valence-corrected chi connectivity index (χ3v) is 7.40. The standard InChI is InChI=1S/C32H34N10O3/c1-22(2)28-30-35-29(23-10-5-3-6-11-23)37-41(30)18-19-45-26-15-9-12-24(20-26)31(44)33-16-17-40(21-27(43)34-28)32-36-38-39-42(32)25-13-7-4-8-14-25/h3-15,20,22,28H,16-19,21H2,1-2H3,(H,33,44)(H,34,43)/t28-/m0/s1. The molecule has 230 valence electrons. The lowest BCUT2D eigenvalue weighted by Gasteiger charge is -2.26. The van der Waals surface area contributed by atoms with E-state index < -0.39 is 6.04 Å². The van der Waals surface area contributed by atoms with Crippen LogP contribution >= 0.6 is 0 Å². The number of rotatable bonds is 4. The molecular formula is C32H34N10O3. The normalized spacial score (nSPS) is 16.3. The number of nitrogens with zero attached hydrogens (tertiary/aromatic N) is 8. The predicted octanol–water partition coefficient (Wildman–Crippen LogP) is 3.06. The first-order valence-electron chi connectivity index (χ1n) is 14.9. The summed E-state index contributed by atoms with van der Waals surface area (Å²) < 4.78 is 9.40. The van der Waals surface area contributed by atoms with E-state index in [1.165, 1.54) is 0 Å². The van der Waals surface area contributed by atoms with Crippen LogP contribution in [0.5, 0.6) is 5.75 Å². The topological polar surface area (TPSA) is 145 Å². The van der Waals surface area contributed by atoms with Crippen LogP contribution in [-0.2, 0) is 11.3 Å².